The van der Waals surface area contributed by atoms with Crippen LogP contribution in [-0.4, -0.2) is 20.0 Å². The van der Waals surface area contributed by atoms with Crippen molar-refractivity contribution in [2.45, 2.75) is 6.85 Å². The highest BCUT2D eigenvalue weighted by Gasteiger charge is 1.99. The van der Waals surface area contributed by atoms with Crippen molar-refractivity contribution in [3.8, 4) is 5.82 Å². The molecule has 2 heterocycles. The summed E-state index contributed by atoms with van der Waals surface area (Å²) in [7, 11) is 0. The predicted molar refractivity (Wildman–Crippen MR) is 51.6 cm³/mol. The van der Waals surface area contributed by atoms with Gasteiger partial charge in [-0.3, -0.25) is 0 Å². The average Bonchev–Trinajstić information content (AvgIpc) is 2.59. The van der Waals surface area contributed by atoms with Gasteiger partial charge in [-0.15, -0.1) is 5.10 Å². The van der Waals surface area contributed by atoms with Crippen molar-refractivity contribution in [1.29, 1.82) is 0 Å². The van der Waals surface area contributed by atoms with Gasteiger partial charge in [-0.1, -0.05) is 0 Å². The molecule has 2 aromatic rings. The summed E-state index contributed by atoms with van der Waals surface area (Å²) in [6.45, 7) is -2.65. The second-order valence-electron chi connectivity index (χ2n) is 2.06. The lowest BCUT2D eigenvalue weighted by atomic mass is 10.4. The Kier molecular flexibility index (Phi) is 0.875. The topological polar surface area (TPSA) is 43.6 Å². The molecule has 0 unspecified atom stereocenters. The van der Waals surface area contributed by atoms with E-state index in [0.29, 0.717) is 0 Å². The molecule has 0 aliphatic carbocycles. The van der Waals surface area contributed by atoms with Crippen LogP contribution in [0.4, 0.5) is 0 Å². The lowest BCUT2D eigenvalue weighted by Gasteiger charge is -1.97. The van der Waals surface area contributed by atoms with Gasteiger partial charge in [0.2, 0.25) is 0 Å². The van der Waals surface area contributed by atoms with Gasteiger partial charge in [0.15, 0.2) is 5.82 Å². The third kappa shape index (κ3) is 1.75. The second-order valence-corrected chi connectivity index (χ2v) is 2.81. The van der Waals surface area contributed by atoms with Crippen LogP contribution in [0.25, 0.3) is 5.82 Å². The first-order valence-electron chi connectivity index (χ1n) is 6.71. The maximum Gasteiger partial charge on any atom is 0.175 e. The number of hydrogen-bond donors (Lipinski definition) is 0. The zero-order chi connectivity index (χ0) is 15.2. The summed E-state index contributed by atoms with van der Waals surface area (Å²) in [5.41, 5.74) is -0.588. The fourth-order valence-electron chi connectivity index (χ4n) is 0.695. The average molecular weight is 246 g/mol. The van der Waals surface area contributed by atoms with Crippen LogP contribution in [0.15, 0.2) is 28.9 Å². The minimum atomic E-state index is -2.65. The molecule has 0 saturated carbocycles. The highest BCUT2D eigenvalue weighted by atomic mass is 79.9. The molecule has 0 N–H and O–H groups in total. The smallest absolute Gasteiger partial charge is 0.175 e. The predicted octanol–water partition coefficient (Wildman–Crippen LogP) is 1.73. The Hall–Kier alpha value is -1.23. The van der Waals surface area contributed by atoms with Gasteiger partial charge in [0.05, 0.1) is 11.2 Å². The largest absolute Gasteiger partial charge is 0.220 e. The van der Waals surface area contributed by atoms with Gasteiger partial charge >= 0.3 is 0 Å². The molecule has 66 valence electrons. The first-order chi connectivity index (χ1) is 9.14. The first-order valence-corrected chi connectivity index (χ1v) is 4.00. The van der Waals surface area contributed by atoms with E-state index in [2.05, 4.69) is 31.2 Å². The van der Waals surface area contributed by atoms with E-state index in [4.69, 9.17) is 9.60 Å². The number of halogens is 1. The SMILES string of the molecule is [2H]c1c(-n2nc(Br)c([2H])c2[2H])nnc(C([2H])([2H])[2H])c1[2H]. The molecule has 0 aliphatic rings. The van der Waals surface area contributed by atoms with Gasteiger partial charge in [-0.2, -0.15) is 10.2 Å². The Morgan fingerprint density at radius 3 is 3.08 bits per heavy atom. The Labute approximate surface area is 93.6 Å². The van der Waals surface area contributed by atoms with E-state index >= 15 is 0 Å². The third-order valence-electron chi connectivity index (χ3n) is 1.19. The summed E-state index contributed by atoms with van der Waals surface area (Å²) in [5.74, 6) is -0.271. The molecule has 0 atom stereocenters. The van der Waals surface area contributed by atoms with Crippen LogP contribution in [0.3, 0.4) is 0 Å². The van der Waals surface area contributed by atoms with Crippen molar-refractivity contribution in [1.82, 2.24) is 20.0 Å². The molecule has 0 amide bonds. The number of aromatic nitrogens is 4. The van der Waals surface area contributed by atoms with E-state index < -0.39 is 24.6 Å². The van der Waals surface area contributed by atoms with E-state index in [9.17, 15) is 0 Å². The summed E-state index contributed by atoms with van der Waals surface area (Å²) < 4.78 is 53.1. The Balaban J connectivity index is 2.66. The highest BCUT2D eigenvalue weighted by molar-refractivity contribution is 9.10. The Bertz CT molecular complexity index is 680. The van der Waals surface area contributed by atoms with Crippen LogP contribution in [0.1, 0.15) is 15.3 Å². The fourth-order valence-corrected chi connectivity index (χ4v) is 0.942. The summed E-state index contributed by atoms with van der Waals surface area (Å²) in [6.07, 6.45) is -0.347. The van der Waals surface area contributed by atoms with Crippen LogP contribution in [0.2, 0.25) is 0 Å². The molecule has 0 spiro atoms. The van der Waals surface area contributed by atoms with Gasteiger partial charge < -0.3 is 0 Å². The van der Waals surface area contributed by atoms with Gasteiger partial charge in [0, 0.05) is 10.3 Å². The van der Waals surface area contributed by atoms with Gasteiger partial charge in [0.25, 0.3) is 0 Å². The second kappa shape index (κ2) is 3.26. The van der Waals surface area contributed by atoms with Crippen LogP contribution in [-0.2, 0) is 0 Å². The van der Waals surface area contributed by atoms with E-state index in [0.717, 1.165) is 4.68 Å². The molecule has 0 aromatic carbocycles. The molecular formula is C8H7BrN4. The zero-order valence-electron chi connectivity index (χ0n) is 13.2. The first kappa shape index (κ1) is 3.49. The van der Waals surface area contributed by atoms with Crippen molar-refractivity contribution >= 4 is 15.9 Å². The molecule has 5 heteroatoms. The monoisotopic (exact) mass is 245 g/mol. The molecule has 13 heavy (non-hydrogen) atoms. The Morgan fingerprint density at radius 1 is 1.46 bits per heavy atom. The summed E-state index contributed by atoms with van der Waals surface area (Å²) >= 11 is 2.97. The molecule has 0 saturated heterocycles. The van der Waals surface area contributed by atoms with Crippen LogP contribution in [0.5, 0.6) is 0 Å². The molecule has 0 aliphatic heterocycles. The van der Waals surface area contributed by atoms with E-state index in [1.165, 1.54) is 0 Å². The molecule has 2 aromatic heterocycles. The normalized spacial score (nSPS) is 19.0. The summed E-state index contributed by atoms with van der Waals surface area (Å²) in [6, 6.07) is -1.33. The number of rotatable bonds is 1. The molecule has 2 rings (SSSR count). The van der Waals surface area contributed by atoms with Crippen molar-refractivity contribution in [3.05, 3.63) is 34.6 Å². The van der Waals surface area contributed by atoms with E-state index in [1.807, 2.05) is 0 Å². The maximum atomic E-state index is 7.77. The van der Waals surface area contributed by atoms with Crippen molar-refractivity contribution < 1.29 is 9.60 Å². The van der Waals surface area contributed by atoms with E-state index in [1.54, 1.807) is 0 Å². The summed E-state index contributed by atoms with van der Waals surface area (Å²) in [5, 5.41) is 10.8. The minimum absolute atomic E-state index is 0.0788. The zero-order valence-corrected chi connectivity index (χ0v) is 7.75. The maximum absolute atomic E-state index is 7.77. The Morgan fingerprint density at radius 2 is 2.38 bits per heavy atom. The standard InChI is InChI=1S/C8H7BrN4/c1-6-2-3-8(11-10-6)13-5-4-7(9)12-13/h2-5H,1H3/i1D3,2D,3D,4D,5D. The number of nitrogens with zero attached hydrogens (tertiary/aromatic N) is 4. The van der Waals surface area contributed by atoms with Crippen LogP contribution >= 0.6 is 15.9 Å². The number of hydrogen-bond acceptors (Lipinski definition) is 3. The van der Waals surface area contributed by atoms with Crippen LogP contribution < -0.4 is 0 Å². The molecule has 0 radical (unpaired) electrons. The van der Waals surface area contributed by atoms with Gasteiger partial charge in [0.1, 0.15) is 4.60 Å². The minimum Gasteiger partial charge on any atom is -0.220 e. The van der Waals surface area contributed by atoms with Gasteiger partial charge in [-0.05, 0) is 40.9 Å². The molecular weight excluding hydrogens is 232 g/mol. The lowest BCUT2D eigenvalue weighted by molar-refractivity contribution is 0.800. The quantitative estimate of drug-likeness (QED) is 0.769. The molecule has 4 nitrogen and oxygen atoms in total. The third-order valence-corrected chi connectivity index (χ3v) is 1.55. The van der Waals surface area contributed by atoms with Crippen molar-refractivity contribution in [3.63, 3.8) is 0 Å². The summed E-state index contributed by atoms with van der Waals surface area (Å²) in [4.78, 5) is 0. The van der Waals surface area contributed by atoms with E-state index in [-0.39, 0.29) is 22.6 Å². The molecule has 0 fully saturated rings. The van der Waals surface area contributed by atoms with Crippen molar-refractivity contribution in [2.24, 2.45) is 0 Å². The van der Waals surface area contributed by atoms with Crippen LogP contribution in [0, 0.1) is 6.85 Å². The van der Waals surface area contributed by atoms with Gasteiger partial charge in [-0.25, -0.2) is 4.68 Å². The lowest BCUT2D eigenvalue weighted by Crippen LogP contribution is -1.99. The number of aryl methyl sites for hydroxylation is 1. The fraction of sp³-hybridized carbons (Fsp3) is 0.125. The highest BCUT2D eigenvalue weighted by Crippen LogP contribution is 2.08. The van der Waals surface area contributed by atoms with Crippen molar-refractivity contribution in [2.75, 3.05) is 0 Å². The molecule has 0 bridgehead atoms.